The summed E-state index contributed by atoms with van der Waals surface area (Å²) >= 11 is 2.15. The Kier molecular flexibility index (Phi) is 7.11. The lowest BCUT2D eigenvalue weighted by atomic mass is 10.2. The van der Waals surface area contributed by atoms with Gasteiger partial charge in [-0.25, -0.2) is 10.2 Å². The van der Waals surface area contributed by atoms with Crippen molar-refractivity contribution in [2.75, 3.05) is 14.2 Å². The first kappa shape index (κ1) is 22.5. The highest BCUT2D eigenvalue weighted by Crippen LogP contribution is 2.22. The lowest BCUT2D eigenvalue weighted by Crippen LogP contribution is -2.17. The van der Waals surface area contributed by atoms with Crippen LogP contribution in [0.1, 0.15) is 37.7 Å². The Labute approximate surface area is 194 Å². The lowest BCUT2D eigenvalue weighted by molar-refractivity contribution is 0.0600. The molecule has 8 heteroatoms. The molecule has 0 saturated heterocycles. The van der Waals surface area contributed by atoms with Gasteiger partial charge in [-0.05, 0) is 85.0 Å². The third kappa shape index (κ3) is 4.96. The molecule has 0 radical (unpaired) electrons. The van der Waals surface area contributed by atoms with Gasteiger partial charge >= 0.3 is 5.97 Å². The van der Waals surface area contributed by atoms with Crippen LogP contribution >= 0.6 is 22.6 Å². The van der Waals surface area contributed by atoms with E-state index in [1.54, 1.807) is 37.6 Å². The number of benzene rings is 2. The van der Waals surface area contributed by atoms with Crippen molar-refractivity contribution in [2.24, 2.45) is 5.10 Å². The SMILES string of the molecule is COC(=O)c1ccc(-n2c(C)cc(/C=N\NC(=O)c3ccc(I)c(OC)c3)c2C)cc1. The number of esters is 1. The predicted molar refractivity (Wildman–Crippen MR) is 127 cm³/mol. The number of aromatic nitrogens is 1. The Bertz CT molecular complexity index is 1150. The Morgan fingerprint density at radius 3 is 2.35 bits per heavy atom. The summed E-state index contributed by atoms with van der Waals surface area (Å²) in [5, 5.41) is 4.11. The molecule has 0 fully saturated rings. The highest BCUT2D eigenvalue weighted by Gasteiger charge is 2.12. The molecule has 0 aliphatic carbocycles. The molecule has 0 saturated carbocycles. The second-order valence-corrected chi connectivity index (χ2v) is 7.91. The number of hydrogen-bond donors (Lipinski definition) is 1. The van der Waals surface area contributed by atoms with Crippen LogP contribution in [0.4, 0.5) is 0 Å². The van der Waals surface area contributed by atoms with Crippen LogP contribution in [0.25, 0.3) is 5.69 Å². The van der Waals surface area contributed by atoms with Crippen LogP contribution in [0.2, 0.25) is 0 Å². The summed E-state index contributed by atoms with van der Waals surface area (Å²) in [5.74, 6) is -0.0565. The summed E-state index contributed by atoms with van der Waals surface area (Å²) in [6, 6.07) is 14.4. The predicted octanol–water partition coefficient (Wildman–Crippen LogP) is 4.26. The number of amides is 1. The molecule has 3 rings (SSSR count). The van der Waals surface area contributed by atoms with E-state index in [-0.39, 0.29) is 11.9 Å². The largest absolute Gasteiger partial charge is 0.496 e. The Hall–Kier alpha value is -3.14. The molecule has 0 bridgehead atoms. The van der Waals surface area contributed by atoms with Crippen molar-refractivity contribution >= 4 is 40.7 Å². The number of halogens is 1. The molecule has 1 heterocycles. The maximum absolute atomic E-state index is 12.4. The van der Waals surface area contributed by atoms with E-state index in [2.05, 4.69) is 33.1 Å². The molecule has 7 nitrogen and oxygen atoms in total. The molecular formula is C23H22IN3O4. The maximum Gasteiger partial charge on any atom is 0.337 e. The summed E-state index contributed by atoms with van der Waals surface area (Å²) in [7, 11) is 2.92. The molecule has 0 spiro atoms. The summed E-state index contributed by atoms with van der Waals surface area (Å²) < 4.78 is 13.0. The third-order valence-corrected chi connectivity index (χ3v) is 5.69. The van der Waals surface area contributed by atoms with Crippen LogP contribution in [0.5, 0.6) is 5.75 Å². The van der Waals surface area contributed by atoms with E-state index in [1.165, 1.54) is 7.11 Å². The van der Waals surface area contributed by atoms with E-state index in [9.17, 15) is 9.59 Å². The molecule has 0 aliphatic heterocycles. The lowest BCUT2D eigenvalue weighted by Gasteiger charge is -2.10. The summed E-state index contributed by atoms with van der Waals surface area (Å²) in [6.07, 6.45) is 1.61. The topological polar surface area (TPSA) is 81.9 Å². The highest BCUT2D eigenvalue weighted by atomic mass is 127. The van der Waals surface area contributed by atoms with Gasteiger partial charge < -0.3 is 14.0 Å². The van der Waals surface area contributed by atoms with E-state index in [4.69, 9.17) is 9.47 Å². The van der Waals surface area contributed by atoms with Crippen molar-refractivity contribution in [3.63, 3.8) is 0 Å². The number of carbonyl (C=O) groups is 2. The van der Waals surface area contributed by atoms with Crippen molar-refractivity contribution in [3.05, 3.63) is 80.2 Å². The third-order valence-electron chi connectivity index (χ3n) is 4.80. The number of rotatable bonds is 6. The number of hydrogen-bond acceptors (Lipinski definition) is 5. The van der Waals surface area contributed by atoms with Gasteiger partial charge in [0, 0.05) is 28.2 Å². The van der Waals surface area contributed by atoms with Crippen LogP contribution in [-0.2, 0) is 4.74 Å². The van der Waals surface area contributed by atoms with Gasteiger partial charge in [0.05, 0.1) is 29.6 Å². The number of nitrogens with zero attached hydrogens (tertiary/aromatic N) is 2. The van der Waals surface area contributed by atoms with Gasteiger partial charge in [-0.1, -0.05) is 0 Å². The molecule has 2 aromatic carbocycles. The Morgan fingerprint density at radius 2 is 1.71 bits per heavy atom. The molecule has 0 unspecified atom stereocenters. The van der Waals surface area contributed by atoms with Crippen molar-refractivity contribution in [1.29, 1.82) is 0 Å². The van der Waals surface area contributed by atoms with Crippen LogP contribution < -0.4 is 10.2 Å². The van der Waals surface area contributed by atoms with Gasteiger partial charge in [0.25, 0.3) is 5.91 Å². The number of ether oxygens (including phenoxy) is 2. The molecule has 31 heavy (non-hydrogen) atoms. The fourth-order valence-electron chi connectivity index (χ4n) is 3.21. The standard InChI is InChI=1S/C23H22IN3O4/c1-14-11-18(13-25-26-22(28)17-7-10-20(24)21(12-17)30-3)15(2)27(14)19-8-5-16(6-9-19)23(29)31-4/h5-13H,1-4H3,(H,26,28)/b25-13-. The minimum absolute atomic E-state index is 0.321. The molecule has 1 amide bonds. The quantitative estimate of drug-likeness (QED) is 0.223. The van der Waals surface area contributed by atoms with Crippen LogP contribution in [0, 0.1) is 17.4 Å². The summed E-state index contributed by atoms with van der Waals surface area (Å²) in [5.41, 5.74) is 7.25. The average Bonchev–Trinajstić information content (AvgIpc) is 3.06. The normalized spacial score (nSPS) is 10.9. The average molecular weight is 531 g/mol. The zero-order valence-electron chi connectivity index (χ0n) is 17.6. The number of hydrazone groups is 1. The van der Waals surface area contributed by atoms with Gasteiger partial charge in [-0.15, -0.1) is 0 Å². The number of aryl methyl sites for hydroxylation is 1. The molecule has 3 aromatic rings. The number of carbonyl (C=O) groups excluding carboxylic acids is 2. The second-order valence-electron chi connectivity index (χ2n) is 6.75. The fraction of sp³-hybridized carbons (Fsp3) is 0.174. The van der Waals surface area contributed by atoms with E-state index in [1.807, 2.05) is 42.7 Å². The highest BCUT2D eigenvalue weighted by molar-refractivity contribution is 14.1. The van der Waals surface area contributed by atoms with E-state index in [0.29, 0.717) is 16.9 Å². The van der Waals surface area contributed by atoms with E-state index >= 15 is 0 Å². The smallest absolute Gasteiger partial charge is 0.337 e. The molecular weight excluding hydrogens is 509 g/mol. The zero-order chi connectivity index (χ0) is 22.5. The molecule has 0 atom stereocenters. The van der Waals surface area contributed by atoms with Crippen molar-refractivity contribution in [3.8, 4) is 11.4 Å². The van der Waals surface area contributed by atoms with Gasteiger partial charge in [0.15, 0.2) is 0 Å². The second kappa shape index (κ2) is 9.78. The Morgan fingerprint density at radius 1 is 1.03 bits per heavy atom. The van der Waals surface area contributed by atoms with Crippen LogP contribution in [0.15, 0.2) is 53.6 Å². The van der Waals surface area contributed by atoms with Crippen molar-refractivity contribution in [2.45, 2.75) is 13.8 Å². The summed E-state index contributed by atoms with van der Waals surface area (Å²) in [6.45, 7) is 3.95. The Balaban J connectivity index is 1.77. The van der Waals surface area contributed by atoms with Crippen molar-refractivity contribution < 1.29 is 19.1 Å². The first-order chi connectivity index (χ1) is 14.8. The minimum atomic E-state index is -0.373. The van der Waals surface area contributed by atoms with Crippen molar-refractivity contribution in [1.82, 2.24) is 9.99 Å². The summed E-state index contributed by atoms with van der Waals surface area (Å²) in [4.78, 5) is 24.0. The number of nitrogens with one attached hydrogen (secondary N) is 1. The van der Waals surface area contributed by atoms with Crippen LogP contribution in [0.3, 0.4) is 0 Å². The fourth-order valence-corrected chi connectivity index (χ4v) is 3.76. The first-order valence-corrected chi connectivity index (χ1v) is 10.5. The molecule has 160 valence electrons. The molecule has 1 N–H and O–H groups in total. The first-order valence-electron chi connectivity index (χ1n) is 9.40. The van der Waals surface area contributed by atoms with Gasteiger partial charge in [-0.3, -0.25) is 4.79 Å². The number of methoxy groups -OCH3 is 2. The zero-order valence-corrected chi connectivity index (χ0v) is 19.8. The van der Waals surface area contributed by atoms with E-state index in [0.717, 1.165) is 26.2 Å². The van der Waals surface area contributed by atoms with Gasteiger partial charge in [0.2, 0.25) is 0 Å². The minimum Gasteiger partial charge on any atom is -0.496 e. The van der Waals surface area contributed by atoms with Gasteiger partial charge in [-0.2, -0.15) is 5.10 Å². The molecule has 1 aromatic heterocycles. The maximum atomic E-state index is 12.4. The van der Waals surface area contributed by atoms with Crippen LogP contribution in [-0.4, -0.2) is 36.9 Å². The monoisotopic (exact) mass is 531 g/mol. The van der Waals surface area contributed by atoms with Gasteiger partial charge in [0.1, 0.15) is 5.75 Å². The molecule has 0 aliphatic rings. The van der Waals surface area contributed by atoms with E-state index < -0.39 is 0 Å².